The van der Waals surface area contributed by atoms with Crippen LogP contribution in [0.25, 0.3) is 0 Å². The fraction of sp³-hybridized carbons (Fsp3) is 0.333. The number of carbonyl (C=O) groups excluding carboxylic acids is 1. The summed E-state index contributed by atoms with van der Waals surface area (Å²) < 4.78 is 31.7. The van der Waals surface area contributed by atoms with Crippen molar-refractivity contribution < 1.29 is 18.3 Å². The second-order valence-electron chi connectivity index (χ2n) is 5.78. The minimum atomic E-state index is -1.00. The number of amides is 1. The molecule has 126 valence electrons. The van der Waals surface area contributed by atoms with Crippen LogP contribution in [0.15, 0.2) is 42.6 Å². The molecular weight excluding hydrogens is 314 g/mol. The van der Waals surface area contributed by atoms with Gasteiger partial charge in [-0.25, -0.2) is 8.78 Å². The van der Waals surface area contributed by atoms with Crippen LogP contribution in [0, 0.1) is 11.6 Å². The van der Waals surface area contributed by atoms with Gasteiger partial charge in [0.15, 0.2) is 17.7 Å². The molecule has 1 saturated heterocycles. The summed E-state index contributed by atoms with van der Waals surface area (Å²) in [5.41, 5.74) is 0.850. The molecule has 1 aromatic carbocycles. The molecule has 0 N–H and O–H groups in total. The highest BCUT2D eigenvalue weighted by atomic mass is 19.2. The molecule has 2 heterocycles. The van der Waals surface area contributed by atoms with Crippen molar-refractivity contribution >= 4 is 5.91 Å². The Balaban J connectivity index is 1.71. The second kappa shape index (κ2) is 6.95. The van der Waals surface area contributed by atoms with E-state index in [0.29, 0.717) is 6.54 Å². The van der Waals surface area contributed by atoms with E-state index in [1.54, 1.807) is 18.0 Å². The van der Waals surface area contributed by atoms with E-state index in [4.69, 9.17) is 4.74 Å². The molecule has 0 aliphatic carbocycles. The van der Waals surface area contributed by atoms with Crippen LogP contribution in [0.5, 0.6) is 5.75 Å². The molecule has 0 unspecified atom stereocenters. The summed E-state index contributed by atoms with van der Waals surface area (Å²) in [5, 5.41) is 0. The fourth-order valence-corrected chi connectivity index (χ4v) is 2.95. The molecule has 1 amide bonds. The van der Waals surface area contributed by atoms with Gasteiger partial charge in [0.25, 0.3) is 5.91 Å². The summed E-state index contributed by atoms with van der Waals surface area (Å²) in [6.07, 6.45) is 2.66. The minimum absolute atomic E-state index is 0.0743. The molecule has 2 aromatic rings. The van der Waals surface area contributed by atoms with E-state index in [9.17, 15) is 13.6 Å². The Bertz CT molecular complexity index is 724. The van der Waals surface area contributed by atoms with E-state index in [2.05, 4.69) is 4.98 Å². The molecule has 3 rings (SSSR count). The number of aromatic nitrogens is 1. The Hall–Kier alpha value is -2.50. The quantitative estimate of drug-likeness (QED) is 0.861. The zero-order valence-electron chi connectivity index (χ0n) is 13.3. The third-order valence-corrected chi connectivity index (χ3v) is 4.12. The number of benzene rings is 1. The predicted molar refractivity (Wildman–Crippen MR) is 84.4 cm³/mol. The zero-order chi connectivity index (χ0) is 17.1. The van der Waals surface area contributed by atoms with Crippen LogP contribution in [0.2, 0.25) is 0 Å². The molecular formula is C18H18F2N2O2. The maximum Gasteiger partial charge on any atom is 0.263 e. The van der Waals surface area contributed by atoms with Gasteiger partial charge in [-0.15, -0.1) is 0 Å². The first-order valence-electron chi connectivity index (χ1n) is 7.89. The summed E-state index contributed by atoms with van der Waals surface area (Å²) >= 11 is 0. The van der Waals surface area contributed by atoms with Gasteiger partial charge in [0.2, 0.25) is 0 Å². The van der Waals surface area contributed by atoms with Crippen molar-refractivity contribution in [1.29, 1.82) is 0 Å². The molecule has 2 atom stereocenters. The maximum absolute atomic E-state index is 13.3. The Morgan fingerprint density at radius 3 is 2.83 bits per heavy atom. The SMILES string of the molecule is C[C@@H](Oc1ccc(F)c(F)c1)C(=O)N1CCC[C@H]1c1ccccn1. The van der Waals surface area contributed by atoms with Gasteiger partial charge in [0.1, 0.15) is 5.75 Å². The minimum Gasteiger partial charge on any atom is -0.481 e. The average Bonchev–Trinajstić information content (AvgIpc) is 3.08. The van der Waals surface area contributed by atoms with Gasteiger partial charge in [-0.3, -0.25) is 9.78 Å². The number of ether oxygens (including phenoxy) is 1. The van der Waals surface area contributed by atoms with Crippen LogP contribution in [0.3, 0.4) is 0 Å². The van der Waals surface area contributed by atoms with E-state index in [1.165, 1.54) is 6.07 Å². The first kappa shape index (κ1) is 16.4. The number of halogens is 2. The van der Waals surface area contributed by atoms with Crippen LogP contribution in [-0.2, 0) is 4.79 Å². The van der Waals surface area contributed by atoms with E-state index in [-0.39, 0.29) is 17.7 Å². The monoisotopic (exact) mass is 332 g/mol. The third-order valence-electron chi connectivity index (χ3n) is 4.12. The Kier molecular flexibility index (Phi) is 4.74. The van der Waals surface area contributed by atoms with Crippen molar-refractivity contribution in [2.75, 3.05) is 6.54 Å². The lowest BCUT2D eigenvalue weighted by molar-refractivity contribution is -0.139. The number of carbonyl (C=O) groups is 1. The van der Waals surface area contributed by atoms with Crippen LogP contribution in [-0.4, -0.2) is 28.4 Å². The molecule has 1 aliphatic heterocycles. The maximum atomic E-state index is 13.3. The van der Waals surface area contributed by atoms with Crippen LogP contribution < -0.4 is 4.74 Å². The molecule has 0 saturated carbocycles. The number of rotatable bonds is 4. The van der Waals surface area contributed by atoms with Crippen molar-refractivity contribution in [3.05, 3.63) is 59.9 Å². The molecule has 0 spiro atoms. The van der Waals surface area contributed by atoms with E-state index in [1.807, 2.05) is 18.2 Å². The van der Waals surface area contributed by atoms with E-state index >= 15 is 0 Å². The molecule has 6 heteroatoms. The number of hydrogen-bond acceptors (Lipinski definition) is 3. The van der Waals surface area contributed by atoms with Crippen LogP contribution in [0.1, 0.15) is 31.5 Å². The number of nitrogens with zero attached hydrogens (tertiary/aromatic N) is 2. The Morgan fingerprint density at radius 1 is 1.29 bits per heavy atom. The predicted octanol–water partition coefficient (Wildman–Crippen LogP) is 3.49. The summed E-state index contributed by atoms with van der Waals surface area (Å²) in [4.78, 5) is 18.8. The van der Waals surface area contributed by atoms with Crippen LogP contribution >= 0.6 is 0 Å². The fourth-order valence-electron chi connectivity index (χ4n) is 2.95. The number of pyridine rings is 1. The molecule has 0 bridgehead atoms. The highest BCUT2D eigenvalue weighted by molar-refractivity contribution is 5.81. The van der Waals surface area contributed by atoms with E-state index in [0.717, 1.165) is 30.7 Å². The van der Waals surface area contributed by atoms with E-state index < -0.39 is 17.7 Å². The van der Waals surface area contributed by atoms with Gasteiger partial charge in [0.05, 0.1) is 11.7 Å². The third kappa shape index (κ3) is 3.37. The first-order valence-corrected chi connectivity index (χ1v) is 7.89. The van der Waals surface area contributed by atoms with Gasteiger partial charge in [-0.1, -0.05) is 6.07 Å². The molecule has 1 aromatic heterocycles. The summed E-state index contributed by atoms with van der Waals surface area (Å²) in [6, 6.07) is 8.78. The van der Waals surface area contributed by atoms with Gasteiger partial charge in [0, 0.05) is 18.8 Å². The topological polar surface area (TPSA) is 42.4 Å². The normalized spacial score (nSPS) is 18.5. The highest BCUT2D eigenvalue weighted by Gasteiger charge is 2.33. The summed E-state index contributed by atoms with van der Waals surface area (Å²) in [7, 11) is 0. The lowest BCUT2D eigenvalue weighted by Crippen LogP contribution is -2.40. The largest absolute Gasteiger partial charge is 0.481 e. The van der Waals surface area contributed by atoms with Gasteiger partial charge in [-0.2, -0.15) is 0 Å². The summed E-state index contributed by atoms with van der Waals surface area (Å²) in [6.45, 7) is 2.24. The van der Waals surface area contributed by atoms with Gasteiger partial charge >= 0.3 is 0 Å². The van der Waals surface area contributed by atoms with Crippen molar-refractivity contribution in [2.45, 2.75) is 31.9 Å². The van der Waals surface area contributed by atoms with Crippen molar-refractivity contribution in [1.82, 2.24) is 9.88 Å². The highest BCUT2D eigenvalue weighted by Crippen LogP contribution is 2.31. The smallest absolute Gasteiger partial charge is 0.263 e. The summed E-state index contributed by atoms with van der Waals surface area (Å²) in [5.74, 6) is -2.01. The molecule has 1 fully saturated rings. The van der Waals surface area contributed by atoms with Crippen molar-refractivity contribution in [2.24, 2.45) is 0 Å². The average molecular weight is 332 g/mol. The molecule has 4 nitrogen and oxygen atoms in total. The first-order chi connectivity index (χ1) is 11.6. The Labute approximate surface area is 139 Å². The molecule has 24 heavy (non-hydrogen) atoms. The van der Waals surface area contributed by atoms with Crippen molar-refractivity contribution in [3.8, 4) is 5.75 Å². The standard InChI is InChI=1S/C18H18F2N2O2/c1-12(24-13-7-8-14(19)15(20)11-13)18(23)22-10-4-6-17(22)16-5-2-3-9-21-16/h2-3,5,7-9,11-12,17H,4,6,10H2,1H3/t12-,17+/m1/s1. The second-order valence-corrected chi connectivity index (χ2v) is 5.78. The molecule has 0 radical (unpaired) electrons. The lowest BCUT2D eigenvalue weighted by atomic mass is 10.1. The molecule has 1 aliphatic rings. The zero-order valence-corrected chi connectivity index (χ0v) is 13.3. The van der Waals surface area contributed by atoms with Gasteiger partial charge in [-0.05, 0) is 44.0 Å². The Morgan fingerprint density at radius 2 is 2.12 bits per heavy atom. The van der Waals surface area contributed by atoms with Crippen LogP contribution in [0.4, 0.5) is 8.78 Å². The van der Waals surface area contributed by atoms with Gasteiger partial charge < -0.3 is 9.64 Å². The number of hydrogen-bond donors (Lipinski definition) is 0. The van der Waals surface area contributed by atoms with Crippen molar-refractivity contribution in [3.63, 3.8) is 0 Å². The lowest BCUT2D eigenvalue weighted by Gasteiger charge is -2.27. The number of likely N-dealkylation sites (tertiary alicyclic amines) is 1.